The molecule has 1 atom stereocenters. The second kappa shape index (κ2) is 10.7. The molecule has 1 aliphatic heterocycles. The normalized spacial score (nSPS) is 18.1. The Bertz CT molecular complexity index is 1100. The minimum Gasteiger partial charge on any atom is -0.494 e. The number of carbonyl (C=O) groups excluding carboxylic acids is 2. The Balaban J connectivity index is 1.60. The van der Waals surface area contributed by atoms with Gasteiger partial charge in [0.25, 0.3) is 15.9 Å². The highest BCUT2D eigenvalue weighted by molar-refractivity contribution is 7.90. The highest BCUT2D eigenvalue weighted by Crippen LogP contribution is 2.32. The van der Waals surface area contributed by atoms with E-state index in [2.05, 4.69) is 11.6 Å². The highest BCUT2D eigenvalue weighted by Gasteiger charge is 2.50. The van der Waals surface area contributed by atoms with E-state index in [1.165, 1.54) is 17.0 Å². The van der Waals surface area contributed by atoms with Gasteiger partial charge in [-0.15, -0.1) is 0 Å². The zero-order valence-electron chi connectivity index (χ0n) is 19.0. The van der Waals surface area contributed by atoms with Gasteiger partial charge in [-0.05, 0) is 49.6 Å². The standard InChI is InChI=1S/C25H30N2O5S/c1-3-4-19-32-21-13-15-22(16-14-21)33(30,31)26-24(29)25(2)17-18-27(25)23(28)12-8-11-20-9-6-5-7-10-20/h5-11,13-16H,3-4,12,17-19H2,1-2H3,(H,26,29)/b11-8+. The number of nitrogens with zero attached hydrogens (tertiary/aromatic N) is 1. The van der Waals surface area contributed by atoms with Gasteiger partial charge in [0.05, 0.1) is 11.5 Å². The van der Waals surface area contributed by atoms with Crippen LogP contribution < -0.4 is 9.46 Å². The molecule has 1 saturated heterocycles. The van der Waals surface area contributed by atoms with Gasteiger partial charge in [-0.2, -0.15) is 0 Å². The number of unbranched alkanes of at least 4 members (excludes halogenated alkanes) is 1. The lowest BCUT2D eigenvalue weighted by atomic mass is 9.85. The van der Waals surface area contributed by atoms with E-state index in [-0.39, 0.29) is 17.2 Å². The molecule has 2 aromatic carbocycles. The summed E-state index contributed by atoms with van der Waals surface area (Å²) in [7, 11) is -4.07. The third-order valence-corrected chi connectivity index (χ3v) is 7.09. The molecule has 1 unspecified atom stereocenters. The minimum atomic E-state index is -4.07. The van der Waals surface area contributed by atoms with Gasteiger partial charge in [-0.3, -0.25) is 9.59 Å². The largest absolute Gasteiger partial charge is 0.494 e. The number of carbonyl (C=O) groups is 2. The molecule has 1 N–H and O–H groups in total. The summed E-state index contributed by atoms with van der Waals surface area (Å²) in [5, 5.41) is 0. The van der Waals surface area contributed by atoms with Gasteiger partial charge in [0.1, 0.15) is 11.3 Å². The molecule has 2 amide bonds. The number of rotatable bonds is 10. The van der Waals surface area contributed by atoms with Crippen LogP contribution in [0.5, 0.6) is 5.75 Å². The lowest BCUT2D eigenvalue weighted by Gasteiger charge is -2.48. The molecule has 0 aliphatic carbocycles. The zero-order valence-corrected chi connectivity index (χ0v) is 19.8. The smallest absolute Gasteiger partial charge is 0.264 e. The molecule has 0 aromatic heterocycles. The first-order chi connectivity index (χ1) is 15.8. The van der Waals surface area contributed by atoms with Gasteiger partial charge in [0, 0.05) is 13.0 Å². The van der Waals surface area contributed by atoms with Gasteiger partial charge in [0.2, 0.25) is 5.91 Å². The van der Waals surface area contributed by atoms with Crippen molar-refractivity contribution >= 4 is 27.9 Å². The molecule has 176 valence electrons. The van der Waals surface area contributed by atoms with Gasteiger partial charge >= 0.3 is 0 Å². The predicted octanol–water partition coefficient (Wildman–Crippen LogP) is 3.76. The van der Waals surface area contributed by atoms with E-state index in [1.54, 1.807) is 25.1 Å². The van der Waals surface area contributed by atoms with Crippen LogP contribution in [-0.4, -0.2) is 43.8 Å². The number of hydrogen-bond acceptors (Lipinski definition) is 5. The van der Waals surface area contributed by atoms with E-state index < -0.39 is 21.5 Å². The van der Waals surface area contributed by atoms with Crippen molar-refractivity contribution in [3.63, 3.8) is 0 Å². The molecule has 0 spiro atoms. The molecule has 0 saturated carbocycles. The Morgan fingerprint density at radius 2 is 1.82 bits per heavy atom. The quantitative estimate of drug-likeness (QED) is 0.534. The average Bonchev–Trinajstić information content (AvgIpc) is 2.78. The van der Waals surface area contributed by atoms with Crippen molar-refractivity contribution in [1.29, 1.82) is 0 Å². The van der Waals surface area contributed by atoms with E-state index in [0.717, 1.165) is 18.4 Å². The fraction of sp³-hybridized carbons (Fsp3) is 0.360. The Morgan fingerprint density at radius 3 is 2.42 bits per heavy atom. The molecular weight excluding hydrogens is 440 g/mol. The van der Waals surface area contributed by atoms with Crippen LogP contribution in [-0.2, 0) is 19.6 Å². The molecule has 1 fully saturated rings. The summed E-state index contributed by atoms with van der Waals surface area (Å²) in [5.74, 6) is -0.366. The van der Waals surface area contributed by atoms with Crippen molar-refractivity contribution in [2.75, 3.05) is 13.2 Å². The molecule has 1 aliphatic rings. The maximum atomic E-state index is 12.9. The van der Waals surface area contributed by atoms with Crippen LogP contribution in [0.1, 0.15) is 45.1 Å². The van der Waals surface area contributed by atoms with Gasteiger partial charge in [0.15, 0.2) is 0 Å². The topological polar surface area (TPSA) is 92.8 Å². The molecule has 2 aromatic rings. The van der Waals surface area contributed by atoms with Crippen molar-refractivity contribution in [3.8, 4) is 5.75 Å². The SMILES string of the molecule is CCCCOc1ccc(S(=O)(=O)NC(=O)C2(C)CCN2C(=O)C/C=C/c2ccccc2)cc1. The van der Waals surface area contributed by atoms with Crippen LogP contribution in [0.4, 0.5) is 0 Å². The van der Waals surface area contributed by atoms with E-state index in [9.17, 15) is 18.0 Å². The first-order valence-electron chi connectivity index (χ1n) is 11.1. The number of hydrogen-bond donors (Lipinski definition) is 1. The van der Waals surface area contributed by atoms with Crippen LogP contribution in [0.2, 0.25) is 0 Å². The van der Waals surface area contributed by atoms with E-state index in [0.29, 0.717) is 25.3 Å². The van der Waals surface area contributed by atoms with E-state index in [4.69, 9.17) is 4.74 Å². The fourth-order valence-electron chi connectivity index (χ4n) is 3.51. The summed E-state index contributed by atoms with van der Waals surface area (Å²) < 4.78 is 33.1. The Kier molecular flexibility index (Phi) is 7.92. The van der Waals surface area contributed by atoms with Crippen LogP contribution >= 0.6 is 0 Å². The van der Waals surface area contributed by atoms with Crippen molar-refractivity contribution in [3.05, 3.63) is 66.2 Å². The third-order valence-electron chi connectivity index (χ3n) is 5.74. The maximum Gasteiger partial charge on any atom is 0.264 e. The first kappa shape index (κ1) is 24.5. The number of ether oxygens (including phenoxy) is 1. The number of benzene rings is 2. The van der Waals surface area contributed by atoms with E-state index in [1.807, 2.05) is 36.4 Å². The summed E-state index contributed by atoms with van der Waals surface area (Å²) in [6.07, 6.45) is 6.02. The minimum absolute atomic E-state index is 0.0368. The van der Waals surface area contributed by atoms with E-state index >= 15 is 0 Å². The lowest BCUT2D eigenvalue weighted by molar-refractivity contribution is -0.155. The average molecular weight is 471 g/mol. The third kappa shape index (κ3) is 6.01. The fourth-order valence-corrected chi connectivity index (χ4v) is 4.58. The summed E-state index contributed by atoms with van der Waals surface area (Å²) in [4.78, 5) is 26.9. The summed E-state index contributed by atoms with van der Waals surface area (Å²) in [5.41, 5.74) is -0.226. The predicted molar refractivity (Wildman–Crippen MR) is 127 cm³/mol. The molecular formula is C25H30N2O5S. The molecule has 3 rings (SSSR count). The first-order valence-corrected chi connectivity index (χ1v) is 12.6. The van der Waals surface area contributed by atoms with Crippen molar-refractivity contribution in [2.45, 2.75) is 50.0 Å². The number of nitrogens with one attached hydrogen (secondary N) is 1. The van der Waals surface area contributed by atoms with Gasteiger partial charge in [-0.1, -0.05) is 55.8 Å². The van der Waals surface area contributed by atoms with Crippen molar-refractivity contribution in [2.24, 2.45) is 0 Å². The number of likely N-dealkylation sites (tertiary alicyclic amines) is 1. The molecule has 0 bridgehead atoms. The molecule has 7 nitrogen and oxygen atoms in total. The number of sulfonamides is 1. The zero-order chi connectivity index (χ0) is 23.9. The molecule has 1 heterocycles. The van der Waals surface area contributed by atoms with Crippen LogP contribution in [0, 0.1) is 0 Å². The summed E-state index contributed by atoms with van der Waals surface area (Å²) in [6, 6.07) is 15.5. The lowest BCUT2D eigenvalue weighted by Crippen LogP contribution is -2.67. The number of amides is 2. The molecule has 0 radical (unpaired) electrons. The Labute approximate surface area is 195 Å². The Morgan fingerprint density at radius 1 is 1.12 bits per heavy atom. The van der Waals surface area contributed by atoms with Gasteiger partial charge in [-0.25, -0.2) is 13.1 Å². The maximum absolute atomic E-state index is 12.9. The summed E-state index contributed by atoms with van der Waals surface area (Å²) in [6.45, 7) is 4.61. The van der Waals surface area contributed by atoms with Crippen LogP contribution in [0.15, 0.2) is 65.6 Å². The van der Waals surface area contributed by atoms with Gasteiger partial charge < -0.3 is 9.64 Å². The second-order valence-corrected chi connectivity index (χ2v) is 9.88. The second-order valence-electron chi connectivity index (χ2n) is 8.19. The summed E-state index contributed by atoms with van der Waals surface area (Å²) >= 11 is 0. The monoisotopic (exact) mass is 470 g/mol. The van der Waals surface area contributed by atoms with Crippen molar-refractivity contribution in [1.82, 2.24) is 9.62 Å². The van der Waals surface area contributed by atoms with Crippen molar-refractivity contribution < 1.29 is 22.7 Å². The molecule has 8 heteroatoms. The molecule has 33 heavy (non-hydrogen) atoms. The highest BCUT2D eigenvalue weighted by atomic mass is 32.2. The Hall–Kier alpha value is -3.13. The van der Waals surface area contributed by atoms with Crippen LogP contribution in [0.25, 0.3) is 6.08 Å². The van der Waals surface area contributed by atoms with Crippen LogP contribution in [0.3, 0.4) is 0 Å².